The molecule has 3 amide bonds. The molecule has 0 aromatic heterocycles. The number of carbonyl (C=O) groups excluding carboxylic acids is 2. The largest absolute Gasteiger partial charge is 0.326 e. The number of amides is 3. The molecular formula is C21H27F2N3O2. The standard InChI is InChI=1S/C21H27F2N3O2/c1-13-4-3-5-14(2)21(13)19(27)26(20(28)24-21)12-25(17-8-9-17)11-15-6-7-16(22)10-18(15)23/h6-7,10,13-14,17H,3-5,8-9,11-12H2,1-2H3,(H,24,28)/t13-,14-/m1/s1. The Morgan fingerprint density at radius 2 is 1.82 bits per heavy atom. The van der Waals surface area contributed by atoms with E-state index in [-0.39, 0.29) is 43.0 Å². The van der Waals surface area contributed by atoms with Crippen LogP contribution in [-0.4, -0.2) is 40.0 Å². The predicted octanol–water partition coefficient (Wildman–Crippen LogP) is 3.63. The third-order valence-corrected chi connectivity index (χ3v) is 6.76. The van der Waals surface area contributed by atoms with Crippen molar-refractivity contribution in [1.82, 2.24) is 15.1 Å². The van der Waals surface area contributed by atoms with E-state index in [1.807, 2.05) is 18.7 Å². The zero-order chi connectivity index (χ0) is 20.1. The Hall–Kier alpha value is -2.02. The van der Waals surface area contributed by atoms with Crippen LogP contribution in [-0.2, 0) is 11.3 Å². The number of benzene rings is 1. The van der Waals surface area contributed by atoms with Crippen LogP contribution in [0.1, 0.15) is 51.5 Å². The lowest BCUT2D eigenvalue weighted by molar-refractivity contribution is -0.138. The SMILES string of the molecule is C[C@@H]1CCC[C@@H](C)C12NC(=O)N(CN(Cc1ccc(F)cc1F)C1CC1)C2=O. The number of rotatable bonds is 5. The molecule has 0 unspecified atom stereocenters. The molecule has 2 saturated carbocycles. The van der Waals surface area contributed by atoms with Gasteiger partial charge in [0.05, 0.1) is 6.67 Å². The lowest BCUT2D eigenvalue weighted by atomic mass is 9.67. The minimum absolute atomic E-state index is 0.0848. The van der Waals surface area contributed by atoms with Gasteiger partial charge in [-0.25, -0.2) is 18.5 Å². The van der Waals surface area contributed by atoms with Crippen LogP contribution in [0.25, 0.3) is 0 Å². The summed E-state index contributed by atoms with van der Waals surface area (Å²) in [6, 6.07) is 3.38. The van der Waals surface area contributed by atoms with Crippen LogP contribution < -0.4 is 5.32 Å². The smallest absolute Gasteiger partial charge is 0.323 e. The number of urea groups is 1. The number of carbonyl (C=O) groups is 2. The van der Waals surface area contributed by atoms with Crippen molar-refractivity contribution in [3.63, 3.8) is 0 Å². The maximum absolute atomic E-state index is 14.1. The molecule has 5 nitrogen and oxygen atoms in total. The van der Waals surface area contributed by atoms with Crippen LogP contribution in [0.5, 0.6) is 0 Å². The van der Waals surface area contributed by atoms with Crippen LogP contribution in [0.2, 0.25) is 0 Å². The van der Waals surface area contributed by atoms with Crippen LogP contribution >= 0.6 is 0 Å². The minimum Gasteiger partial charge on any atom is -0.323 e. The molecule has 1 aromatic rings. The molecule has 0 radical (unpaired) electrons. The van der Waals surface area contributed by atoms with Crippen molar-refractivity contribution in [2.45, 2.75) is 64.1 Å². The minimum atomic E-state index is -0.828. The molecule has 1 heterocycles. The highest BCUT2D eigenvalue weighted by atomic mass is 19.1. The normalized spacial score (nSPS) is 27.0. The zero-order valence-electron chi connectivity index (χ0n) is 16.4. The van der Waals surface area contributed by atoms with Crippen molar-refractivity contribution >= 4 is 11.9 Å². The van der Waals surface area contributed by atoms with Crippen molar-refractivity contribution in [1.29, 1.82) is 0 Å². The van der Waals surface area contributed by atoms with Crippen molar-refractivity contribution in [2.75, 3.05) is 6.67 Å². The van der Waals surface area contributed by atoms with Gasteiger partial charge in [0.15, 0.2) is 0 Å². The van der Waals surface area contributed by atoms with Crippen LogP contribution in [0, 0.1) is 23.5 Å². The first-order valence-electron chi connectivity index (χ1n) is 10.1. The second-order valence-corrected chi connectivity index (χ2v) is 8.62. The Bertz CT molecular complexity index is 786. The molecule has 7 heteroatoms. The number of hydrogen-bond acceptors (Lipinski definition) is 3. The first-order valence-corrected chi connectivity index (χ1v) is 10.1. The number of hydrogen-bond donors (Lipinski definition) is 1. The average Bonchev–Trinajstić information content (AvgIpc) is 3.44. The third kappa shape index (κ3) is 3.19. The van der Waals surface area contributed by atoms with Crippen molar-refractivity contribution < 1.29 is 18.4 Å². The summed E-state index contributed by atoms with van der Waals surface area (Å²) in [7, 11) is 0. The molecule has 28 heavy (non-hydrogen) atoms. The maximum Gasteiger partial charge on any atom is 0.326 e. The summed E-state index contributed by atoms with van der Waals surface area (Å²) in [4.78, 5) is 29.3. The van der Waals surface area contributed by atoms with Crippen molar-refractivity contribution in [2.24, 2.45) is 11.8 Å². The fourth-order valence-corrected chi connectivity index (χ4v) is 4.87. The van der Waals surface area contributed by atoms with E-state index in [2.05, 4.69) is 5.32 Å². The molecule has 1 aliphatic heterocycles. The molecule has 1 N–H and O–H groups in total. The van der Waals surface area contributed by atoms with E-state index in [1.54, 1.807) is 0 Å². The lowest BCUT2D eigenvalue weighted by Gasteiger charge is -2.42. The van der Waals surface area contributed by atoms with E-state index >= 15 is 0 Å². The predicted molar refractivity (Wildman–Crippen MR) is 100 cm³/mol. The second kappa shape index (κ2) is 7.10. The summed E-state index contributed by atoms with van der Waals surface area (Å²) in [5.41, 5.74) is -0.458. The molecule has 2 atom stereocenters. The van der Waals surface area contributed by atoms with Gasteiger partial charge in [0.2, 0.25) is 0 Å². The van der Waals surface area contributed by atoms with Crippen molar-refractivity contribution in [3.05, 3.63) is 35.4 Å². The molecule has 2 aliphatic carbocycles. The molecule has 0 bridgehead atoms. The summed E-state index contributed by atoms with van der Waals surface area (Å²) in [6.45, 7) is 4.44. The number of imide groups is 1. The molecule has 152 valence electrons. The molecule has 1 aromatic carbocycles. The van der Waals surface area contributed by atoms with Gasteiger partial charge in [-0.1, -0.05) is 26.3 Å². The highest BCUT2D eigenvalue weighted by molar-refractivity contribution is 6.07. The fourth-order valence-electron chi connectivity index (χ4n) is 4.87. The molecule has 4 rings (SSSR count). The first kappa shape index (κ1) is 19.3. The average molecular weight is 391 g/mol. The van der Waals surface area contributed by atoms with Gasteiger partial charge in [-0.3, -0.25) is 9.69 Å². The Kier molecular flexibility index (Phi) is 4.89. The highest BCUT2D eigenvalue weighted by Gasteiger charge is 2.58. The van der Waals surface area contributed by atoms with Crippen LogP contribution in [0.3, 0.4) is 0 Å². The van der Waals surface area contributed by atoms with Gasteiger partial charge in [-0.05, 0) is 43.6 Å². The quantitative estimate of drug-likeness (QED) is 0.780. The van der Waals surface area contributed by atoms with Gasteiger partial charge in [0.25, 0.3) is 5.91 Å². The molecule has 3 fully saturated rings. The van der Waals surface area contributed by atoms with Gasteiger partial charge in [0, 0.05) is 24.2 Å². The van der Waals surface area contributed by atoms with Gasteiger partial charge in [-0.2, -0.15) is 0 Å². The van der Waals surface area contributed by atoms with E-state index in [9.17, 15) is 18.4 Å². The van der Waals surface area contributed by atoms with Gasteiger partial charge < -0.3 is 5.32 Å². The van der Waals surface area contributed by atoms with Crippen LogP contribution in [0.15, 0.2) is 18.2 Å². The summed E-state index contributed by atoms with van der Waals surface area (Å²) in [6.07, 6.45) is 4.79. The monoisotopic (exact) mass is 391 g/mol. The number of halogens is 2. The summed E-state index contributed by atoms with van der Waals surface area (Å²) < 4.78 is 27.3. The van der Waals surface area contributed by atoms with E-state index < -0.39 is 17.2 Å². The van der Waals surface area contributed by atoms with E-state index in [0.717, 1.165) is 38.2 Å². The molecular weight excluding hydrogens is 364 g/mol. The first-order chi connectivity index (χ1) is 13.3. The Morgan fingerprint density at radius 1 is 1.14 bits per heavy atom. The van der Waals surface area contributed by atoms with E-state index in [4.69, 9.17) is 0 Å². The second-order valence-electron chi connectivity index (χ2n) is 8.62. The lowest BCUT2D eigenvalue weighted by Crippen LogP contribution is -2.59. The summed E-state index contributed by atoms with van der Waals surface area (Å²) in [5, 5.41) is 3.00. The van der Waals surface area contributed by atoms with Crippen molar-refractivity contribution in [3.8, 4) is 0 Å². The van der Waals surface area contributed by atoms with Gasteiger partial charge >= 0.3 is 6.03 Å². The van der Waals surface area contributed by atoms with Crippen LogP contribution in [0.4, 0.5) is 13.6 Å². The maximum atomic E-state index is 14.1. The number of nitrogens with zero attached hydrogens (tertiary/aromatic N) is 2. The fraction of sp³-hybridized carbons (Fsp3) is 0.619. The third-order valence-electron chi connectivity index (χ3n) is 6.76. The molecule has 3 aliphatic rings. The molecule has 1 spiro atoms. The Morgan fingerprint density at radius 3 is 2.43 bits per heavy atom. The van der Waals surface area contributed by atoms with Gasteiger partial charge in [0.1, 0.15) is 17.2 Å². The molecule has 1 saturated heterocycles. The summed E-state index contributed by atoms with van der Waals surface area (Å²) in [5.74, 6) is -1.21. The van der Waals surface area contributed by atoms with Gasteiger partial charge in [-0.15, -0.1) is 0 Å². The Labute approximate surface area is 164 Å². The summed E-state index contributed by atoms with van der Waals surface area (Å²) >= 11 is 0. The Balaban J connectivity index is 1.54. The topological polar surface area (TPSA) is 52.7 Å². The van der Waals surface area contributed by atoms with E-state index in [1.165, 1.54) is 17.0 Å². The number of nitrogens with one attached hydrogen (secondary N) is 1. The van der Waals surface area contributed by atoms with E-state index in [0.29, 0.717) is 5.56 Å². The zero-order valence-corrected chi connectivity index (χ0v) is 16.4. The highest BCUT2D eigenvalue weighted by Crippen LogP contribution is 2.42.